The van der Waals surface area contributed by atoms with Gasteiger partial charge in [0.05, 0.1) is 150 Å². The van der Waals surface area contributed by atoms with E-state index in [-0.39, 0.29) is 166 Å². The molecule has 0 aliphatic carbocycles. The summed E-state index contributed by atoms with van der Waals surface area (Å²) in [5.41, 5.74) is 8.86. The highest BCUT2D eigenvalue weighted by Gasteiger charge is 2.31. The van der Waals surface area contributed by atoms with Crippen LogP contribution in [0.4, 0.5) is 17.6 Å². The van der Waals surface area contributed by atoms with Gasteiger partial charge in [-0.1, -0.05) is 136 Å². The number of carbonyl (C=O) groups is 6. The van der Waals surface area contributed by atoms with Crippen LogP contribution in [0.3, 0.4) is 0 Å². The number of aliphatic hydroxyl groups is 4. The summed E-state index contributed by atoms with van der Waals surface area (Å²) in [6, 6.07) is 30.4. The molecule has 0 radical (unpaired) electrons. The van der Waals surface area contributed by atoms with E-state index in [1.54, 1.807) is 124 Å². The van der Waals surface area contributed by atoms with Crippen LogP contribution in [0.5, 0.6) is 40.2 Å². The van der Waals surface area contributed by atoms with E-state index in [0.717, 1.165) is 0 Å². The summed E-state index contributed by atoms with van der Waals surface area (Å²) in [5.74, 6) is -3.82. The van der Waals surface area contributed by atoms with Crippen molar-refractivity contribution in [1.29, 1.82) is 0 Å². The highest BCUT2D eigenvalue weighted by atomic mass is 35.5. The molecule has 0 fully saturated rings. The Morgan fingerprint density at radius 2 is 0.850 bits per heavy atom. The molecule has 720 valence electrons. The predicted octanol–water partition coefficient (Wildman–Crippen LogP) is 18.2. The van der Waals surface area contributed by atoms with Crippen LogP contribution in [-0.2, 0) is 59.0 Å². The number of pyridine rings is 1. The second-order valence-corrected chi connectivity index (χ2v) is 32.3. The fraction of sp³-hybridized carbons (Fsp3) is 0.374. The van der Waals surface area contributed by atoms with Gasteiger partial charge in [0.1, 0.15) is 92.4 Å². The van der Waals surface area contributed by atoms with E-state index >= 15 is 0 Å². The Balaban J connectivity index is 0.000000307. The first kappa shape index (κ1) is 112. The number of rotatable bonds is 38. The van der Waals surface area contributed by atoms with E-state index in [4.69, 9.17) is 109 Å². The van der Waals surface area contributed by atoms with Gasteiger partial charge in [0.2, 0.25) is 11.2 Å². The Morgan fingerprint density at radius 3 is 1.21 bits per heavy atom. The molecular formula is C99H116Cl4F4N4O22. The van der Waals surface area contributed by atoms with Gasteiger partial charge in [-0.25, -0.2) is 31.9 Å². The molecule has 6 N–H and O–H groups in total. The number of aliphatic hydroxyl groups excluding tert-OH is 4. The molecule has 1 aromatic heterocycles. The summed E-state index contributed by atoms with van der Waals surface area (Å²) in [4.78, 5) is 94.2. The Bertz CT molecular complexity index is 5670. The Kier molecular flexibility index (Phi) is 46.3. The lowest BCUT2D eigenvalue weighted by Crippen LogP contribution is -2.29. The monoisotopic (exact) mass is 1930 g/mol. The number of ether oxygens (including phenoxy) is 11. The number of aliphatic imine (C=N–C) groups is 1. The molecule has 9 aromatic rings. The minimum atomic E-state index is -0.797. The average molecular weight is 1930 g/mol. The van der Waals surface area contributed by atoms with Gasteiger partial charge in [0.15, 0.2) is 5.78 Å². The highest BCUT2D eigenvalue weighted by molar-refractivity contribution is 6.32. The molecule has 0 bridgehead atoms. The maximum absolute atomic E-state index is 14.6. The lowest BCUT2D eigenvalue weighted by Gasteiger charge is -2.25. The maximum Gasteiger partial charge on any atom is 0.343 e. The smallest absolute Gasteiger partial charge is 0.343 e. The van der Waals surface area contributed by atoms with E-state index in [2.05, 4.69) is 4.99 Å². The number of aromatic nitrogens is 1. The summed E-state index contributed by atoms with van der Waals surface area (Å²) in [6.45, 7) is 18.4. The van der Waals surface area contributed by atoms with E-state index in [9.17, 15) is 66.4 Å². The quantitative estimate of drug-likeness (QED) is 0.00276. The molecule has 0 aliphatic rings. The normalized spacial score (nSPS) is 12.0. The zero-order chi connectivity index (χ0) is 99.4. The number of benzene rings is 8. The first-order valence-corrected chi connectivity index (χ1v) is 43.6. The van der Waals surface area contributed by atoms with Crippen LogP contribution in [0, 0.1) is 41.0 Å². The minimum Gasteiger partial charge on any atom is -0.506 e. The van der Waals surface area contributed by atoms with Crippen molar-refractivity contribution in [3.63, 3.8) is 0 Å². The van der Waals surface area contributed by atoms with Gasteiger partial charge in [-0.3, -0.25) is 24.2 Å². The second kappa shape index (κ2) is 55.1. The highest BCUT2D eigenvalue weighted by Crippen LogP contribution is 2.40. The molecule has 0 spiro atoms. The van der Waals surface area contributed by atoms with Gasteiger partial charge in [0.25, 0.3) is 0 Å². The number of carbonyl (C=O) groups excluding carboxylic acids is 6. The van der Waals surface area contributed by atoms with Crippen LogP contribution in [0.1, 0.15) is 163 Å². The Labute approximate surface area is 792 Å². The molecule has 3 atom stereocenters. The second-order valence-electron chi connectivity index (χ2n) is 30.6. The number of halogens is 8. The van der Waals surface area contributed by atoms with E-state index in [1.807, 2.05) is 41.5 Å². The van der Waals surface area contributed by atoms with Crippen molar-refractivity contribution in [2.24, 2.45) is 28.5 Å². The summed E-state index contributed by atoms with van der Waals surface area (Å²) < 4.78 is 117. The predicted molar refractivity (Wildman–Crippen MR) is 506 cm³/mol. The molecule has 0 saturated carbocycles. The number of Topliss-reactive ketones (excluding diaryl/α,β-unsaturated/α-hetero) is 2. The number of fused-ring (bicyclic) bond motifs is 1. The van der Waals surface area contributed by atoms with Crippen LogP contribution in [-0.4, -0.2) is 194 Å². The van der Waals surface area contributed by atoms with Crippen molar-refractivity contribution < 1.29 is 119 Å². The summed E-state index contributed by atoms with van der Waals surface area (Å²) in [7, 11) is 13.5. The fourth-order valence-corrected chi connectivity index (χ4v) is 13.9. The molecule has 0 aliphatic heterocycles. The number of methoxy groups -OCH3 is 7. The largest absolute Gasteiger partial charge is 0.506 e. The first-order chi connectivity index (χ1) is 63.2. The molecule has 34 heteroatoms. The van der Waals surface area contributed by atoms with E-state index in [1.165, 1.54) is 117 Å². The summed E-state index contributed by atoms with van der Waals surface area (Å²) >= 11 is 23.6. The SMILES string of the molecule is CC(C)[C@H](N)CO.CCOC(=O)/C(=C\N(C)C)C(=O)c1cc(Cc2cccc(Cl)c2F)c(OC)cc1OC.CCOC(=O)C(C=N[C@H](CO)C(C)C)=C(O)c1cc(Cc2cccc(Cl)c2F)c(OC)cc1OC.CCOC(=O)CC(=O)c1cc(Cc2cccc(Cl)c2F)c(OC)cc1OC.CCOC(=O)c1cn([C@H](CO)C(C)C)c2cc(OC)c(Cc3cccc(Cl)c3F)cc2c1=O. The topological polar surface area (TPSA) is 348 Å². The van der Waals surface area contributed by atoms with Crippen LogP contribution in [0.2, 0.25) is 20.1 Å². The number of ketones is 2. The molecule has 26 nitrogen and oxygen atoms in total. The lowest BCUT2D eigenvalue weighted by atomic mass is 9.96. The van der Waals surface area contributed by atoms with Crippen molar-refractivity contribution in [2.75, 3.05) is 110 Å². The standard InChI is InChI=1S/C26H31ClFNO6.C25H27ClFNO5.C23H25ClFNO5.C20H20ClFO5.C5H13NO/c1-6-35-26(32)19(13-29-21(14-30)15(2)3)25(31)18-11-17(22(33-4)12-23(18)34-5)10-16-8-7-9-20(27)24(16)28;1-5-33-25(31)18-12-28(21(13-29)14(2)3)20-11-22(32-4)16(10-17(20)24(18)30)9-15-7-6-8-19(26)23(15)27;1-6-31-23(28)17(13-26(2)3)22(27)16-11-15(19(29-4)12-20(16)30-5)10-14-8-7-9-18(24)21(14)25;1-4-27-19(24)10-16(23)14-9-13(17(25-2)11-18(14)26-3)8-12-6-5-7-15(21)20(12)22;1-4(2)5(6)3-7/h7-9,11-13,15,21,30-31H,6,10,14H2,1-5H3;6-8,10-12,14,21,29H,5,9,13H2,1-4H3;7-9,11-13H,6,10H2,1-5H3;5-7,9,11H,4,8,10H2,1-3H3;4-5,7H,3,6H2,1-2H3/b;;17-13-;;/t2*21-;;;5-/m11..1/s1. The zero-order valence-corrected chi connectivity index (χ0v) is 80.8. The van der Waals surface area contributed by atoms with Crippen molar-refractivity contribution in [1.82, 2.24) is 9.47 Å². The molecule has 1 heterocycles. The summed E-state index contributed by atoms with van der Waals surface area (Å²) in [5, 5.41) is 39.4. The van der Waals surface area contributed by atoms with Crippen LogP contribution in [0.25, 0.3) is 16.7 Å². The molecule has 133 heavy (non-hydrogen) atoms. The zero-order valence-electron chi connectivity index (χ0n) is 77.8. The van der Waals surface area contributed by atoms with Gasteiger partial charge in [0, 0.05) is 94.1 Å². The average Bonchev–Trinajstić information content (AvgIpc) is 0.751. The molecule has 8 aromatic carbocycles. The van der Waals surface area contributed by atoms with Gasteiger partial charge >= 0.3 is 23.9 Å². The van der Waals surface area contributed by atoms with Crippen LogP contribution in [0.15, 0.2) is 155 Å². The Morgan fingerprint density at radius 1 is 0.466 bits per heavy atom. The van der Waals surface area contributed by atoms with Crippen molar-refractivity contribution in [2.45, 2.75) is 119 Å². The number of hydrogen-bond donors (Lipinski definition) is 5. The lowest BCUT2D eigenvalue weighted by molar-refractivity contribution is -0.142. The minimum absolute atomic E-state index is 0.000193. The van der Waals surface area contributed by atoms with Crippen molar-refractivity contribution in [3.05, 3.63) is 265 Å². The van der Waals surface area contributed by atoms with Crippen LogP contribution >= 0.6 is 46.4 Å². The molecule has 9 rings (SSSR count). The number of nitrogens with zero attached hydrogens (tertiary/aromatic N) is 3. The number of esters is 4. The molecule has 0 saturated heterocycles. The van der Waals surface area contributed by atoms with Gasteiger partial charge in [-0.2, -0.15) is 0 Å². The van der Waals surface area contributed by atoms with Gasteiger partial charge < -0.3 is 87.7 Å². The molecule has 0 unspecified atom stereocenters. The Hall–Kier alpha value is -11.7. The van der Waals surface area contributed by atoms with Crippen molar-refractivity contribution in [3.8, 4) is 40.2 Å². The third-order valence-corrected chi connectivity index (χ3v) is 21.6. The van der Waals surface area contributed by atoms with E-state index < -0.39 is 88.4 Å². The molecular weight excluding hydrogens is 1810 g/mol. The summed E-state index contributed by atoms with van der Waals surface area (Å²) in [6.07, 6.45) is 4.09. The number of hydrogen-bond acceptors (Lipinski definition) is 25. The van der Waals surface area contributed by atoms with Crippen LogP contribution < -0.4 is 44.3 Å². The third kappa shape index (κ3) is 30.9. The first-order valence-electron chi connectivity index (χ1n) is 42.1. The van der Waals surface area contributed by atoms with E-state index in [0.29, 0.717) is 78.9 Å². The van der Waals surface area contributed by atoms with Crippen molar-refractivity contribution >= 4 is 105 Å². The van der Waals surface area contributed by atoms with Gasteiger partial charge in [-0.15, -0.1) is 0 Å². The van der Waals surface area contributed by atoms with Gasteiger partial charge in [-0.05, 0) is 138 Å². The molecule has 0 amide bonds. The third-order valence-electron chi connectivity index (χ3n) is 20.4. The number of nitrogens with two attached hydrogens (primary N) is 1. The fourth-order valence-electron chi connectivity index (χ4n) is 13.1. The maximum atomic E-state index is 14.6.